The van der Waals surface area contributed by atoms with Gasteiger partial charge in [-0.2, -0.15) is 0 Å². The maximum atomic E-state index is 5.64. The molecule has 1 aromatic heterocycles. The first-order valence-electron chi connectivity index (χ1n) is 9.82. The standard InChI is InChI=1S/C22H28N2O3/c1-16-12-19(22(25-2)23-13-16)14-24-10-8-17(9-11-24)6-7-18-4-3-5-20-21(18)27-15-26-20/h3-5,12-13,17H,6-11,14-15H2,1-2H3. The summed E-state index contributed by atoms with van der Waals surface area (Å²) in [6.07, 6.45) is 6.63. The van der Waals surface area contributed by atoms with Crippen LogP contribution in [0.5, 0.6) is 17.4 Å². The lowest BCUT2D eigenvalue weighted by atomic mass is 9.90. The molecule has 2 aliphatic heterocycles. The highest BCUT2D eigenvalue weighted by Crippen LogP contribution is 2.37. The van der Waals surface area contributed by atoms with Crippen LogP contribution in [-0.4, -0.2) is 36.9 Å². The topological polar surface area (TPSA) is 43.8 Å². The second kappa shape index (κ2) is 8.17. The van der Waals surface area contributed by atoms with Crippen LogP contribution in [0.2, 0.25) is 0 Å². The number of ether oxygens (including phenoxy) is 3. The van der Waals surface area contributed by atoms with E-state index in [0.29, 0.717) is 6.79 Å². The van der Waals surface area contributed by atoms with Gasteiger partial charge in [-0.1, -0.05) is 12.1 Å². The van der Waals surface area contributed by atoms with E-state index in [9.17, 15) is 0 Å². The summed E-state index contributed by atoms with van der Waals surface area (Å²) in [7, 11) is 1.70. The molecule has 1 aromatic carbocycles. The normalized spacial score (nSPS) is 17.3. The summed E-state index contributed by atoms with van der Waals surface area (Å²) >= 11 is 0. The van der Waals surface area contributed by atoms with Crippen LogP contribution in [-0.2, 0) is 13.0 Å². The van der Waals surface area contributed by atoms with Gasteiger partial charge in [0, 0.05) is 18.3 Å². The van der Waals surface area contributed by atoms with Gasteiger partial charge in [0.25, 0.3) is 0 Å². The molecule has 4 rings (SSSR count). The average molecular weight is 368 g/mol. The number of hydrogen-bond donors (Lipinski definition) is 0. The molecule has 1 fully saturated rings. The van der Waals surface area contributed by atoms with Crippen molar-refractivity contribution < 1.29 is 14.2 Å². The fraction of sp³-hybridized carbons (Fsp3) is 0.500. The molecule has 0 amide bonds. The van der Waals surface area contributed by atoms with Crippen LogP contribution in [0.25, 0.3) is 0 Å². The van der Waals surface area contributed by atoms with Crippen LogP contribution in [0, 0.1) is 12.8 Å². The Morgan fingerprint density at radius 1 is 1.19 bits per heavy atom. The summed E-state index contributed by atoms with van der Waals surface area (Å²) in [4.78, 5) is 6.92. The Morgan fingerprint density at radius 2 is 2.04 bits per heavy atom. The van der Waals surface area contributed by atoms with E-state index in [1.54, 1.807) is 7.11 Å². The Kier molecular flexibility index (Phi) is 5.48. The Labute approximate surface area is 161 Å². The zero-order valence-corrected chi connectivity index (χ0v) is 16.2. The lowest BCUT2D eigenvalue weighted by Gasteiger charge is -2.32. The minimum Gasteiger partial charge on any atom is -0.481 e. The molecule has 0 aliphatic carbocycles. The number of rotatable bonds is 6. The van der Waals surface area contributed by atoms with Gasteiger partial charge < -0.3 is 14.2 Å². The summed E-state index contributed by atoms with van der Waals surface area (Å²) < 4.78 is 16.5. The Hall–Kier alpha value is -2.27. The van der Waals surface area contributed by atoms with Crippen molar-refractivity contribution in [3.8, 4) is 17.4 Å². The second-order valence-corrected chi connectivity index (χ2v) is 7.59. The Morgan fingerprint density at radius 3 is 2.85 bits per heavy atom. The molecule has 5 nitrogen and oxygen atoms in total. The summed E-state index contributed by atoms with van der Waals surface area (Å²) in [5.74, 6) is 3.37. The largest absolute Gasteiger partial charge is 0.481 e. The number of aromatic nitrogens is 1. The van der Waals surface area contributed by atoms with Gasteiger partial charge in [0.05, 0.1) is 7.11 Å². The number of benzene rings is 1. The van der Waals surface area contributed by atoms with Gasteiger partial charge >= 0.3 is 0 Å². The van der Waals surface area contributed by atoms with Crippen molar-refractivity contribution in [2.75, 3.05) is 27.0 Å². The second-order valence-electron chi connectivity index (χ2n) is 7.59. The van der Waals surface area contributed by atoms with Gasteiger partial charge in [-0.05, 0) is 74.9 Å². The van der Waals surface area contributed by atoms with E-state index in [2.05, 4.69) is 35.0 Å². The van der Waals surface area contributed by atoms with Crippen molar-refractivity contribution in [2.24, 2.45) is 5.92 Å². The van der Waals surface area contributed by atoms with Gasteiger partial charge in [-0.3, -0.25) is 4.90 Å². The fourth-order valence-corrected chi connectivity index (χ4v) is 4.14. The van der Waals surface area contributed by atoms with E-state index in [4.69, 9.17) is 14.2 Å². The minimum atomic E-state index is 0.349. The molecular weight excluding hydrogens is 340 g/mol. The Balaban J connectivity index is 1.28. The third-order valence-electron chi connectivity index (χ3n) is 5.66. The quantitative estimate of drug-likeness (QED) is 0.772. The number of piperidine rings is 1. The van der Waals surface area contributed by atoms with Crippen molar-refractivity contribution in [3.05, 3.63) is 47.2 Å². The van der Waals surface area contributed by atoms with Crippen LogP contribution >= 0.6 is 0 Å². The number of likely N-dealkylation sites (tertiary alicyclic amines) is 1. The van der Waals surface area contributed by atoms with Crippen molar-refractivity contribution in [1.29, 1.82) is 0 Å². The molecule has 144 valence electrons. The fourth-order valence-electron chi connectivity index (χ4n) is 4.14. The summed E-state index contributed by atoms with van der Waals surface area (Å²) in [6.45, 7) is 5.61. The molecule has 0 saturated carbocycles. The predicted molar refractivity (Wildman–Crippen MR) is 104 cm³/mol. The number of methoxy groups -OCH3 is 1. The van der Waals surface area contributed by atoms with Crippen LogP contribution in [0.1, 0.15) is 36.0 Å². The first kappa shape index (κ1) is 18.1. The van der Waals surface area contributed by atoms with Gasteiger partial charge in [0.1, 0.15) is 0 Å². The third kappa shape index (κ3) is 4.19. The van der Waals surface area contributed by atoms with Crippen molar-refractivity contribution in [3.63, 3.8) is 0 Å². The van der Waals surface area contributed by atoms with Crippen LogP contribution in [0.15, 0.2) is 30.5 Å². The van der Waals surface area contributed by atoms with E-state index < -0.39 is 0 Å². The molecule has 2 aromatic rings. The predicted octanol–water partition coefficient (Wildman–Crippen LogP) is 3.97. The molecular formula is C22H28N2O3. The number of pyridine rings is 1. The first-order valence-corrected chi connectivity index (χ1v) is 9.82. The highest BCUT2D eigenvalue weighted by molar-refractivity contribution is 5.48. The molecule has 0 radical (unpaired) electrons. The first-order chi connectivity index (χ1) is 13.2. The molecule has 0 unspecified atom stereocenters. The molecule has 27 heavy (non-hydrogen) atoms. The number of nitrogens with zero attached hydrogens (tertiary/aromatic N) is 2. The maximum Gasteiger partial charge on any atom is 0.231 e. The monoisotopic (exact) mass is 368 g/mol. The molecule has 0 spiro atoms. The van der Waals surface area contributed by atoms with Gasteiger partial charge in [-0.15, -0.1) is 0 Å². The number of hydrogen-bond acceptors (Lipinski definition) is 5. The van der Waals surface area contributed by atoms with E-state index >= 15 is 0 Å². The van der Waals surface area contributed by atoms with E-state index in [-0.39, 0.29) is 0 Å². The number of para-hydroxylation sites is 1. The molecule has 3 heterocycles. The zero-order valence-electron chi connectivity index (χ0n) is 16.2. The van der Waals surface area contributed by atoms with Gasteiger partial charge in [-0.25, -0.2) is 4.98 Å². The highest BCUT2D eigenvalue weighted by Gasteiger charge is 2.22. The third-order valence-corrected chi connectivity index (χ3v) is 5.66. The highest BCUT2D eigenvalue weighted by atomic mass is 16.7. The zero-order chi connectivity index (χ0) is 18.6. The Bertz CT molecular complexity index is 785. The van der Waals surface area contributed by atoms with Gasteiger partial charge in [0.15, 0.2) is 11.5 Å². The van der Waals surface area contributed by atoms with Crippen LogP contribution in [0.3, 0.4) is 0 Å². The minimum absolute atomic E-state index is 0.349. The SMILES string of the molecule is COc1ncc(C)cc1CN1CCC(CCc2cccc3c2OCO3)CC1. The van der Waals surface area contributed by atoms with E-state index in [0.717, 1.165) is 49.4 Å². The average Bonchev–Trinajstić information content (AvgIpc) is 3.17. The summed E-state index contributed by atoms with van der Waals surface area (Å²) in [5, 5.41) is 0. The number of aryl methyl sites for hydroxylation is 2. The smallest absolute Gasteiger partial charge is 0.231 e. The van der Waals surface area contributed by atoms with Crippen LogP contribution < -0.4 is 14.2 Å². The van der Waals surface area contributed by atoms with E-state index in [1.807, 2.05) is 12.3 Å². The molecule has 2 aliphatic rings. The van der Waals surface area contributed by atoms with E-state index in [1.165, 1.54) is 36.0 Å². The van der Waals surface area contributed by atoms with Crippen LogP contribution in [0.4, 0.5) is 0 Å². The van der Waals surface area contributed by atoms with Crippen molar-refractivity contribution >= 4 is 0 Å². The van der Waals surface area contributed by atoms with Crippen molar-refractivity contribution in [2.45, 2.75) is 39.2 Å². The van der Waals surface area contributed by atoms with Crippen molar-refractivity contribution in [1.82, 2.24) is 9.88 Å². The number of fused-ring (bicyclic) bond motifs is 1. The maximum absolute atomic E-state index is 5.64. The lowest BCUT2D eigenvalue weighted by Crippen LogP contribution is -2.33. The molecule has 0 N–H and O–H groups in total. The molecule has 0 bridgehead atoms. The molecule has 0 atom stereocenters. The summed E-state index contributed by atoms with van der Waals surface area (Å²) in [5.41, 5.74) is 3.65. The lowest BCUT2D eigenvalue weighted by molar-refractivity contribution is 0.168. The molecule has 5 heteroatoms. The van der Waals surface area contributed by atoms with Gasteiger partial charge in [0.2, 0.25) is 12.7 Å². The summed E-state index contributed by atoms with van der Waals surface area (Å²) in [6, 6.07) is 8.41. The molecule has 1 saturated heterocycles.